The summed E-state index contributed by atoms with van der Waals surface area (Å²) in [5, 5.41) is 8.10. The SMILES string of the molecule is COc1ccc(N=C2C(=O)N(c3ccc(N4CCCCC4=O)cc3)CCC2C(=N)C(N)=O)cc1F. The molecular weight excluding hydrogens is 453 g/mol. The van der Waals surface area contributed by atoms with E-state index in [1.165, 1.54) is 24.1 Å². The Morgan fingerprint density at radius 2 is 1.77 bits per heavy atom. The zero-order valence-electron chi connectivity index (χ0n) is 19.3. The Hall–Kier alpha value is -4.08. The third-order valence-corrected chi connectivity index (χ3v) is 6.23. The molecule has 0 aromatic heterocycles. The van der Waals surface area contributed by atoms with E-state index in [4.69, 9.17) is 15.9 Å². The van der Waals surface area contributed by atoms with E-state index in [0.717, 1.165) is 24.6 Å². The molecule has 0 aliphatic carbocycles. The standard InChI is InChI=1S/C25H26FN5O4/c1-35-20-10-5-15(14-19(20)26)29-23-18(22(27)24(28)33)11-13-31(25(23)34)17-8-6-16(7-9-17)30-12-3-2-4-21(30)32/h5-10,14,18,27H,2-4,11-13H2,1H3,(H2,28,33). The molecule has 2 aliphatic heterocycles. The topological polar surface area (TPSA) is 129 Å². The summed E-state index contributed by atoms with van der Waals surface area (Å²) in [4.78, 5) is 45.0. The first kappa shape index (κ1) is 24.1. The van der Waals surface area contributed by atoms with Crippen molar-refractivity contribution in [1.82, 2.24) is 0 Å². The summed E-state index contributed by atoms with van der Waals surface area (Å²) in [6, 6.07) is 11.1. The number of amides is 3. The first-order chi connectivity index (χ1) is 16.8. The number of piperidine rings is 2. The molecule has 2 aliphatic rings. The maximum absolute atomic E-state index is 14.2. The van der Waals surface area contributed by atoms with Crippen molar-refractivity contribution in [1.29, 1.82) is 5.41 Å². The lowest BCUT2D eigenvalue weighted by Gasteiger charge is -2.33. The van der Waals surface area contributed by atoms with Gasteiger partial charge in [-0.3, -0.25) is 19.8 Å². The van der Waals surface area contributed by atoms with Gasteiger partial charge >= 0.3 is 0 Å². The molecule has 0 bridgehead atoms. The van der Waals surface area contributed by atoms with E-state index in [1.807, 2.05) is 0 Å². The van der Waals surface area contributed by atoms with E-state index in [2.05, 4.69) is 4.99 Å². The van der Waals surface area contributed by atoms with Gasteiger partial charge in [-0.15, -0.1) is 0 Å². The van der Waals surface area contributed by atoms with Gasteiger partial charge in [-0.05, 0) is 55.7 Å². The highest BCUT2D eigenvalue weighted by molar-refractivity contribution is 6.54. The van der Waals surface area contributed by atoms with Crippen LogP contribution in [0.25, 0.3) is 0 Å². The van der Waals surface area contributed by atoms with Crippen molar-refractivity contribution in [2.24, 2.45) is 16.6 Å². The first-order valence-electron chi connectivity index (χ1n) is 11.3. The van der Waals surface area contributed by atoms with E-state index in [9.17, 15) is 18.8 Å². The van der Waals surface area contributed by atoms with Crippen LogP contribution in [0.5, 0.6) is 5.75 Å². The number of nitrogens with two attached hydrogens (primary N) is 1. The van der Waals surface area contributed by atoms with Crippen molar-refractivity contribution in [3.8, 4) is 5.75 Å². The summed E-state index contributed by atoms with van der Waals surface area (Å²) in [7, 11) is 1.34. The third kappa shape index (κ3) is 4.91. The molecule has 0 spiro atoms. The second-order valence-corrected chi connectivity index (χ2v) is 8.41. The van der Waals surface area contributed by atoms with Gasteiger partial charge in [-0.2, -0.15) is 0 Å². The molecule has 0 radical (unpaired) electrons. The highest BCUT2D eigenvalue weighted by atomic mass is 19.1. The maximum Gasteiger partial charge on any atom is 0.273 e. The minimum absolute atomic E-state index is 0.0271. The molecule has 3 amide bonds. The Kier molecular flexibility index (Phi) is 6.90. The van der Waals surface area contributed by atoms with Gasteiger partial charge in [-0.1, -0.05) is 0 Å². The largest absolute Gasteiger partial charge is 0.494 e. The average Bonchev–Trinajstić information content (AvgIpc) is 2.85. The summed E-state index contributed by atoms with van der Waals surface area (Å²) < 4.78 is 19.1. The van der Waals surface area contributed by atoms with Crippen molar-refractivity contribution in [3.63, 3.8) is 0 Å². The molecule has 2 saturated heterocycles. The van der Waals surface area contributed by atoms with Crippen LogP contribution in [0, 0.1) is 17.1 Å². The van der Waals surface area contributed by atoms with Crippen LogP contribution < -0.4 is 20.3 Å². The maximum atomic E-state index is 14.2. The molecule has 35 heavy (non-hydrogen) atoms. The minimum atomic E-state index is -0.944. The lowest BCUT2D eigenvalue weighted by molar-refractivity contribution is -0.119. The zero-order valence-corrected chi connectivity index (χ0v) is 19.3. The van der Waals surface area contributed by atoms with Crippen molar-refractivity contribution in [2.75, 3.05) is 30.0 Å². The minimum Gasteiger partial charge on any atom is -0.494 e. The van der Waals surface area contributed by atoms with Crippen LogP contribution in [-0.2, 0) is 14.4 Å². The van der Waals surface area contributed by atoms with Crippen LogP contribution in [0.2, 0.25) is 0 Å². The summed E-state index contributed by atoms with van der Waals surface area (Å²) in [6.45, 7) is 0.893. The number of aliphatic imine (C=N–C) groups is 1. The van der Waals surface area contributed by atoms with Gasteiger partial charge in [0.15, 0.2) is 11.6 Å². The summed E-state index contributed by atoms with van der Waals surface area (Å²) in [5.74, 6) is -2.91. The number of hydrogen-bond acceptors (Lipinski definition) is 6. The summed E-state index contributed by atoms with van der Waals surface area (Å²) in [6.07, 6.45) is 2.59. The fourth-order valence-corrected chi connectivity index (χ4v) is 4.36. The number of ether oxygens (including phenoxy) is 1. The van der Waals surface area contributed by atoms with Crippen LogP contribution in [0.4, 0.5) is 21.5 Å². The number of carbonyl (C=O) groups is 3. The molecule has 2 aromatic rings. The molecule has 2 aromatic carbocycles. The fraction of sp³-hybridized carbons (Fsp3) is 0.320. The Bertz CT molecular complexity index is 1210. The lowest BCUT2D eigenvalue weighted by atomic mass is 9.88. The molecule has 182 valence electrons. The first-order valence-corrected chi connectivity index (χ1v) is 11.3. The lowest BCUT2D eigenvalue weighted by Crippen LogP contribution is -2.50. The quantitative estimate of drug-likeness (QED) is 0.617. The Labute approximate surface area is 201 Å². The zero-order chi connectivity index (χ0) is 25.1. The number of benzene rings is 2. The number of nitrogens with zero attached hydrogens (tertiary/aromatic N) is 3. The van der Waals surface area contributed by atoms with Crippen LogP contribution in [-0.4, -0.2) is 49.3 Å². The summed E-state index contributed by atoms with van der Waals surface area (Å²) in [5.41, 5.74) is 6.32. The smallest absolute Gasteiger partial charge is 0.273 e. The Morgan fingerprint density at radius 1 is 1.09 bits per heavy atom. The highest BCUT2D eigenvalue weighted by Gasteiger charge is 2.37. The third-order valence-electron chi connectivity index (χ3n) is 6.23. The fourth-order valence-electron chi connectivity index (χ4n) is 4.36. The number of methoxy groups -OCH3 is 1. The van der Waals surface area contributed by atoms with Crippen molar-refractivity contribution >= 4 is 46.2 Å². The van der Waals surface area contributed by atoms with E-state index < -0.39 is 29.3 Å². The van der Waals surface area contributed by atoms with Crippen LogP contribution >= 0.6 is 0 Å². The number of halogens is 1. The van der Waals surface area contributed by atoms with Gasteiger partial charge in [0.2, 0.25) is 5.91 Å². The number of anilines is 2. The number of hydrogen-bond donors (Lipinski definition) is 2. The molecule has 1 unspecified atom stereocenters. The molecular formula is C25H26FN5O4. The van der Waals surface area contributed by atoms with Crippen LogP contribution in [0.15, 0.2) is 47.5 Å². The van der Waals surface area contributed by atoms with Crippen molar-refractivity contribution < 1.29 is 23.5 Å². The number of primary amides is 1. The van der Waals surface area contributed by atoms with E-state index >= 15 is 0 Å². The Balaban J connectivity index is 1.65. The predicted octanol–water partition coefficient (Wildman–Crippen LogP) is 2.98. The second kappa shape index (κ2) is 10.0. The van der Waals surface area contributed by atoms with E-state index in [0.29, 0.717) is 18.7 Å². The van der Waals surface area contributed by atoms with Crippen LogP contribution in [0.3, 0.4) is 0 Å². The molecule has 3 N–H and O–H groups in total. The van der Waals surface area contributed by atoms with Gasteiger partial charge in [0, 0.05) is 37.0 Å². The number of nitrogens with one attached hydrogen (secondary N) is 1. The van der Waals surface area contributed by atoms with Crippen molar-refractivity contribution in [3.05, 3.63) is 48.3 Å². The van der Waals surface area contributed by atoms with Gasteiger partial charge in [-0.25, -0.2) is 9.38 Å². The summed E-state index contributed by atoms with van der Waals surface area (Å²) >= 11 is 0. The molecule has 1 atom stereocenters. The molecule has 4 rings (SSSR count). The van der Waals surface area contributed by atoms with Crippen molar-refractivity contribution in [2.45, 2.75) is 25.7 Å². The normalized spacial score (nSPS) is 19.7. The number of carbonyl (C=O) groups excluding carboxylic acids is 3. The van der Waals surface area contributed by atoms with E-state index in [1.54, 1.807) is 29.2 Å². The van der Waals surface area contributed by atoms with Crippen LogP contribution in [0.1, 0.15) is 25.7 Å². The van der Waals surface area contributed by atoms with Gasteiger partial charge < -0.3 is 20.3 Å². The monoisotopic (exact) mass is 479 g/mol. The highest BCUT2D eigenvalue weighted by Crippen LogP contribution is 2.30. The van der Waals surface area contributed by atoms with Gasteiger partial charge in [0.25, 0.3) is 11.8 Å². The molecule has 2 fully saturated rings. The average molecular weight is 480 g/mol. The molecule has 0 saturated carbocycles. The van der Waals surface area contributed by atoms with Gasteiger partial charge in [0.1, 0.15) is 11.4 Å². The molecule has 9 nitrogen and oxygen atoms in total. The Morgan fingerprint density at radius 3 is 2.37 bits per heavy atom. The van der Waals surface area contributed by atoms with E-state index in [-0.39, 0.29) is 36.0 Å². The molecule has 2 heterocycles. The number of rotatable bonds is 6. The second-order valence-electron chi connectivity index (χ2n) is 8.41. The molecule has 10 heteroatoms. The van der Waals surface area contributed by atoms with Gasteiger partial charge in [0.05, 0.1) is 18.7 Å². The predicted molar refractivity (Wildman–Crippen MR) is 130 cm³/mol.